The van der Waals surface area contributed by atoms with Crippen molar-refractivity contribution in [3.05, 3.63) is 76.6 Å². The Kier molecular flexibility index (Phi) is 6.02. The number of aliphatic imine (C=N–C) groups is 1. The molecule has 1 aliphatic carbocycles. The van der Waals surface area contributed by atoms with Crippen molar-refractivity contribution in [3.8, 4) is 0 Å². The van der Waals surface area contributed by atoms with Gasteiger partial charge in [-0.15, -0.1) is 0 Å². The maximum Gasteiger partial charge on any atom is 0.261 e. The molecule has 2 aromatic carbocycles. The molecule has 0 radical (unpaired) electrons. The zero-order valence-electron chi connectivity index (χ0n) is 19.2. The Bertz CT molecular complexity index is 1150. The highest BCUT2D eigenvalue weighted by molar-refractivity contribution is 6.25. The SMILES string of the molecule is Cc1ccc(N=C2CC(C)(C)CC(=O)/C2=C(/O)CCCN2C(=O)c3ccccc3C2=O)cc1. The number of nitrogens with zero attached hydrogens (tertiary/aromatic N) is 2. The van der Waals surface area contributed by atoms with E-state index in [1.807, 2.05) is 45.0 Å². The number of benzene rings is 2. The van der Waals surface area contributed by atoms with Crippen molar-refractivity contribution < 1.29 is 19.5 Å². The average molecular weight is 445 g/mol. The van der Waals surface area contributed by atoms with E-state index in [0.717, 1.165) is 11.3 Å². The topological polar surface area (TPSA) is 87.0 Å². The number of ketones is 1. The van der Waals surface area contributed by atoms with Crippen molar-refractivity contribution in [1.82, 2.24) is 4.90 Å². The summed E-state index contributed by atoms with van der Waals surface area (Å²) in [5, 5.41) is 10.9. The van der Waals surface area contributed by atoms with Crippen LogP contribution in [0.1, 0.15) is 65.8 Å². The van der Waals surface area contributed by atoms with Crippen LogP contribution in [-0.2, 0) is 4.79 Å². The van der Waals surface area contributed by atoms with E-state index in [2.05, 4.69) is 0 Å². The molecule has 2 amide bonds. The normalized spacial score (nSPS) is 20.4. The zero-order valence-corrected chi connectivity index (χ0v) is 19.2. The summed E-state index contributed by atoms with van der Waals surface area (Å²) in [7, 11) is 0. The van der Waals surface area contributed by atoms with Gasteiger partial charge in [0, 0.05) is 19.4 Å². The first-order chi connectivity index (χ1) is 15.7. The number of rotatable bonds is 5. The summed E-state index contributed by atoms with van der Waals surface area (Å²) in [6, 6.07) is 14.5. The largest absolute Gasteiger partial charge is 0.511 e. The number of aryl methyl sites for hydroxylation is 1. The summed E-state index contributed by atoms with van der Waals surface area (Å²) in [5.41, 5.74) is 3.27. The van der Waals surface area contributed by atoms with Gasteiger partial charge in [-0.3, -0.25) is 24.3 Å². The number of allylic oxidation sites excluding steroid dienone is 2. The number of carbonyl (C=O) groups is 3. The lowest BCUT2D eigenvalue weighted by atomic mass is 9.73. The van der Waals surface area contributed by atoms with Gasteiger partial charge in [-0.2, -0.15) is 0 Å². The number of aliphatic hydroxyl groups is 1. The third-order valence-electron chi connectivity index (χ3n) is 6.11. The number of aliphatic hydroxyl groups excluding tert-OH is 1. The van der Waals surface area contributed by atoms with Crippen LogP contribution in [0.25, 0.3) is 0 Å². The number of hydrogen-bond donors (Lipinski definition) is 1. The van der Waals surface area contributed by atoms with Gasteiger partial charge in [0.05, 0.1) is 28.1 Å². The summed E-state index contributed by atoms with van der Waals surface area (Å²) >= 11 is 0. The van der Waals surface area contributed by atoms with E-state index in [0.29, 0.717) is 36.1 Å². The van der Waals surface area contributed by atoms with Gasteiger partial charge in [0.25, 0.3) is 11.8 Å². The molecule has 0 spiro atoms. The van der Waals surface area contributed by atoms with Gasteiger partial charge in [-0.05, 0) is 49.4 Å². The number of hydrogen-bond acceptors (Lipinski definition) is 5. The van der Waals surface area contributed by atoms with E-state index < -0.39 is 0 Å². The fourth-order valence-electron chi connectivity index (χ4n) is 4.46. The molecule has 0 saturated heterocycles. The van der Waals surface area contributed by atoms with Crippen molar-refractivity contribution in [2.24, 2.45) is 10.4 Å². The maximum atomic E-state index is 13.0. The van der Waals surface area contributed by atoms with Crippen LogP contribution in [0, 0.1) is 12.3 Å². The van der Waals surface area contributed by atoms with E-state index in [1.165, 1.54) is 4.90 Å². The van der Waals surface area contributed by atoms with E-state index in [1.54, 1.807) is 24.3 Å². The lowest BCUT2D eigenvalue weighted by Gasteiger charge is -2.31. The van der Waals surface area contributed by atoms with Gasteiger partial charge in [-0.1, -0.05) is 43.7 Å². The van der Waals surface area contributed by atoms with E-state index in [-0.39, 0.29) is 47.3 Å². The summed E-state index contributed by atoms with van der Waals surface area (Å²) in [6.07, 6.45) is 1.44. The molecule has 0 aromatic heterocycles. The fraction of sp³-hybridized carbons (Fsp3) is 0.333. The van der Waals surface area contributed by atoms with Crippen LogP contribution in [0.3, 0.4) is 0 Å². The summed E-state index contributed by atoms with van der Waals surface area (Å²) in [5.74, 6) is -0.798. The molecule has 170 valence electrons. The molecule has 6 heteroatoms. The van der Waals surface area contributed by atoms with Gasteiger partial charge < -0.3 is 5.11 Å². The maximum absolute atomic E-state index is 13.0. The Morgan fingerprint density at radius 1 is 0.970 bits per heavy atom. The fourth-order valence-corrected chi connectivity index (χ4v) is 4.46. The molecular formula is C27H28N2O4. The lowest BCUT2D eigenvalue weighted by Crippen LogP contribution is -2.33. The number of amides is 2. The second-order valence-corrected chi connectivity index (χ2v) is 9.57. The second kappa shape index (κ2) is 8.77. The lowest BCUT2D eigenvalue weighted by molar-refractivity contribution is -0.117. The molecule has 6 nitrogen and oxygen atoms in total. The van der Waals surface area contributed by atoms with Crippen molar-refractivity contribution in [1.29, 1.82) is 0 Å². The monoisotopic (exact) mass is 444 g/mol. The van der Waals surface area contributed by atoms with E-state index in [4.69, 9.17) is 4.99 Å². The first kappa shape index (κ1) is 22.6. The van der Waals surface area contributed by atoms with Crippen LogP contribution in [-0.4, -0.2) is 39.9 Å². The molecule has 0 bridgehead atoms. The summed E-state index contributed by atoms with van der Waals surface area (Å²) in [4.78, 5) is 44.0. The van der Waals surface area contributed by atoms with Crippen LogP contribution >= 0.6 is 0 Å². The van der Waals surface area contributed by atoms with Gasteiger partial charge in [0.1, 0.15) is 5.76 Å². The number of Topliss-reactive ketones (excluding diaryl/α,β-unsaturated/α-hetero) is 1. The highest BCUT2D eigenvalue weighted by Crippen LogP contribution is 2.37. The van der Waals surface area contributed by atoms with Gasteiger partial charge in [0.15, 0.2) is 5.78 Å². The van der Waals surface area contributed by atoms with Gasteiger partial charge >= 0.3 is 0 Å². The molecule has 1 fully saturated rings. The van der Waals surface area contributed by atoms with Crippen molar-refractivity contribution in [2.45, 2.75) is 46.5 Å². The minimum Gasteiger partial charge on any atom is -0.511 e. The Balaban J connectivity index is 1.53. The molecule has 2 aromatic rings. The second-order valence-electron chi connectivity index (χ2n) is 9.57. The summed E-state index contributed by atoms with van der Waals surface area (Å²) < 4.78 is 0. The Labute approximate surface area is 193 Å². The minimum atomic E-state index is -0.320. The van der Waals surface area contributed by atoms with Crippen LogP contribution < -0.4 is 0 Å². The van der Waals surface area contributed by atoms with Crippen molar-refractivity contribution in [3.63, 3.8) is 0 Å². The van der Waals surface area contributed by atoms with Crippen molar-refractivity contribution >= 4 is 29.0 Å². The molecule has 1 heterocycles. The standard InChI is InChI=1S/C27H28N2O4/c1-17-10-12-18(13-11-17)28-21-15-27(2,3)16-23(31)24(21)22(30)9-6-14-29-25(32)19-7-4-5-8-20(19)26(29)33/h4-5,7-8,10-13,30H,6,9,14-16H2,1-3H3/b24-22+,28-21?. The predicted octanol–water partition coefficient (Wildman–Crippen LogP) is 5.35. The molecule has 1 aliphatic heterocycles. The third kappa shape index (κ3) is 4.65. The average Bonchev–Trinajstić information content (AvgIpc) is 2.99. The predicted molar refractivity (Wildman–Crippen MR) is 127 cm³/mol. The Hall–Kier alpha value is -3.54. The van der Waals surface area contributed by atoms with Crippen LogP contribution in [0.5, 0.6) is 0 Å². The number of carbonyl (C=O) groups excluding carboxylic acids is 3. The minimum absolute atomic E-state index is 0.0297. The Morgan fingerprint density at radius 2 is 1.58 bits per heavy atom. The molecular weight excluding hydrogens is 416 g/mol. The van der Waals surface area contributed by atoms with Crippen LogP contribution in [0.4, 0.5) is 5.69 Å². The summed E-state index contributed by atoms with van der Waals surface area (Å²) in [6.45, 7) is 6.21. The molecule has 4 rings (SSSR count). The van der Waals surface area contributed by atoms with E-state index in [9.17, 15) is 19.5 Å². The highest BCUT2D eigenvalue weighted by Gasteiger charge is 2.37. The molecule has 1 saturated carbocycles. The first-order valence-electron chi connectivity index (χ1n) is 11.2. The molecule has 0 atom stereocenters. The van der Waals surface area contributed by atoms with Crippen molar-refractivity contribution in [2.75, 3.05) is 6.54 Å². The third-order valence-corrected chi connectivity index (χ3v) is 6.11. The quantitative estimate of drug-likeness (QED) is 0.383. The molecule has 0 unspecified atom stereocenters. The highest BCUT2D eigenvalue weighted by atomic mass is 16.3. The Morgan fingerprint density at radius 3 is 2.18 bits per heavy atom. The number of imide groups is 1. The molecule has 1 N–H and O–H groups in total. The smallest absolute Gasteiger partial charge is 0.261 e. The number of fused-ring (bicyclic) bond motifs is 1. The molecule has 33 heavy (non-hydrogen) atoms. The van der Waals surface area contributed by atoms with Crippen LogP contribution in [0.15, 0.2) is 64.9 Å². The molecule has 2 aliphatic rings. The van der Waals surface area contributed by atoms with E-state index >= 15 is 0 Å². The van der Waals surface area contributed by atoms with Crippen LogP contribution in [0.2, 0.25) is 0 Å². The first-order valence-corrected chi connectivity index (χ1v) is 11.2. The zero-order chi connectivity index (χ0) is 23.8. The van der Waals surface area contributed by atoms with Gasteiger partial charge in [0.2, 0.25) is 0 Å². The van der Waals surface area contributed by atoms with Gasteiger partial charge in [-0.25, -0.2) is 0 Å².